The molecule has 0 radical (unpaired) electrons. The van der Waals surface area contributed by atoms with E-state index in [1.807, 2.05) is 0 Å². The van der Waals surface area contributed by atoms with Crippen LogP contribution >= 0.6 is 0 Å². The summed E-state index contributed by atoms with van der Waals surface area (Å²) in [7, 11) is 1.48. The standard InChI is InChI=1S/C10H13FN2O/c1-7-5-8(3-4-9(7)11)6-10(14)13(2)12/h3-5H,6,12H2,1-2H3. The van der Waals surface area contributed by atoms with Gasteiger partial charge in [-0.3, -0.25) is 9.80 Å². The summed E-state index contributed by atoms with van der Waals surface area (Å²) in [6.07, 6.45) is 0.202. The Morgan fingerprint density at radius 2 is 2.21 bits per heavy atom. The minimum atomic E-state index is -0.262. The molecule has 0 unspecified atom stereocenters. The van der Waals surface area contributed by atoms with E-state index < -0.39 is 0 Å². The molecule has 76 valence electrons. The maximum Gasteiger partial charge on any atom is 0.240 e. The average molecular weight is 196 g/mol. The first-order chi connectivity index (χ1) is 6.50. The molecule has 1 aromatic carbocycles. The molecular formula is C10H13FN2O. The predicted octanol–water partition coefficient (Wildman–Crippen LogP) is 1.01. The van der Waals surface area contributed by atoms with Crippen molar-refractivity contribution >= 4 is 5.91 Å². The van der Waals surface area contributed by atoms with Gasteiger partial charge in [0.1, 0.15) is 5.82 Å². The molecule has 0 spiro atoms. The molecule has 0 aliphatic carbocycles. The van der Waals surface area contributed by atoms with Crippen molar-refractivity contribution in [1.29, 1.82) is 0 Å². The molecule has 3 nitrogen and oxygen atoms in total. The lowest BCUT2D eigenvalue weighted by Gasteiger charge is -2.09. The number of likely N-dealkylation sites (N-methyl/N-ethyl adjacent to an activating group) is 1. The van der Waals surface area contributed by atoms with Crippen molar-refractivity contribution in [2.24, 2.45) is 5.84 Å². The Bertz CT molecular complexity index is 350. The van der Waals surface area contributed by atoms with Gasteiger partial charge in [-0.1, -0.05) is 12.1 Å². The summed E-state index contributed by atoms with van der Waals surface area (Å²) < 4.78 is 12.9. The van der Waals surface area contributed by atoms with Crippen LogP contribution in [0.2, 0.25) is 0 Å². The van der Waals surface area contributed by atoms with Crippen molar-refractivity contribution < 1.29 is 9.18 Å². The summed E-state index contributed by atoms with van der Waals surface area (Å²) in [5, 5.41) is 1.03. The van der Waals surface area contributed by atoms with E-state index in [0.717, 1.165) is 10.6 Å². The SMILES string of the molecule is Cc1cc(CC(=O)N(C)N)ccc1F. The van der Waals surface area contributed by atoms with Crippen molar-refractivity contribution in [3.05, 3.63) is 35.1 Å². The smallest absolute Gasteiger partial charge is 0.240 e. The van der Waals surface area contributed by atoms with Gasteiger partial charge < -0.3 is 0 Å². The molecule has 1 rings (SSSR count). The maximum absolute atomic E-state index is 12.9. The molecule has 1 aromatic rings. The molecule has 4 heteroatoms. The number of aryl methyl sites for hydroxylation is 1. The van der Waals surface area contributed by atoms with Crippen LogP contribution in [0.15, 0.2) is 18.2 Å². The lowest BCUT2D eigenvalue weighted by Crippen LogP contribution is -2.34. The summed E-state index contributed by atoms with van der Waals surface area (Å²) >= 11 is 0. The molecule has 2 N–H and O–H groups in total. The van der Waals surface area contributed by atoms with E-state index in [0.29, 0.717) is 5.56 Å². The largest absolute Gasteiger partial charge is 0.284 e. The second-order valence-corrected chi connectivity index (χ2v) is 3.26. The Morgan fingerprint density at radius 1 is 1.57 bits per heavy atom. The van der Waals surface area contributed by atoms with E-state index in [4.69, 9.17) is 5.84 Å². The summed E-state index contributed by atoms with van der Waals surface area (Å²) in [6, 6.07) is 4.59. The first kappa shape index (κ1) is 10.7. The number of halogens is 1. The summed E-state index contributed by atoms with van der Waals surface area (Å²) in [6.45, 7) is 1.66. The fourth-order valence-electron chi connectivity index (χ4n) is 1.12. The van der Waals surface area contributed by atoms with E-state index >= 15 is 0 Å². The van der Waals surface area contributed by atoms with Gasteiger partial charge in [0.25, 0.3) is 0 Å². The number of benzene rings is 1. The van der Waals surface area contributed by atoms with Crippen LogP contribution in [-0.2, 0) is 11.2 Å². The number of nitrogens with zero attached hydrogens (tertiary/aromatic N) is 1. The summed E-state index contributed by atoms with van der Waals surface area (Å²) in [5.74, 6) is 4.80. The second kappa shape index (κ2) is 4.19. The molecule has 0 bridgehead atoms. The highest BCUT2D eigenvalue weighted by molar-refractivity contribution is 5.77. The minimum Gasteiger partial charge on any atom is -0.284 e. The lowest BCUT2D eigenvalue weighted by atomic mass is 10.1. The second-order valence-electron chi connectivity index (χ2n) is 3.26. The fourth-order valence-corrected chi connectivity index (χ4v) is 1.12. The van der Waals surface area contributed by atoms with Crippen molar-refractivity contribution in [1.82, 2.24) is 5.01 Å². The van der Waals surface area contributed by atoms with Crippen molar-refractivity contribution in [3.63, 3.8) is 0 Å². The normalized spacial score (nSPS) is 10.0. The van der Waals surface area contributed by atoms with Crippen molar-refractivity contribution in [3.8, 4) is 0 Å². The Labute approximate surface area is 82.3 Å². The maximum atomic E-state index is 12.9. The topological polar surface area (TPSA) is 46.3 Å². The van der Waals surface area contributed by atoms with Crippen LogP contribution in [0.4, 0.5) is 4.39 Å². The average Bonchev–Trinajstić information content (AvgIpc) is 2.11. The predicted molar refractivity (Wildman–Crippen MR) is 51.8 cm³/mol. The zero-order valence-corrected chi connectivity index (χ0v) is 8.25. The third-order valence-electron chi connectivity index (χ3n) is 1.97. The molecule has 0 saturated heterocycles. The van der Waals surface area contributed by atoms with Crippen LogP contribution < -0.4 is 5.84 Å². The number of hydrogen-bond donors (Lipinski definition) is 1. The van der Waals surface area contributed by atoms with Crippen LogP contribution in [0.3, 0.4) is 0 Å². The molecule has 0 fully saturated rings. The highest BCUT2D eigenvalue weighted by Crippen LogP contribution is 2.09. The Balaban J connectivity index is 2.78. The zero-order valence-electron chi connectivity index (χ0n) is 8.25. The lowest BCUT2D eigenvalue weighted by molar-refractivity contribution is -0.129. The third kappa shape index (κ3) is 2.53. The van der Waals surface area contributed by atoms with E-state index in [1.54, 1.807) is 19.1 Å². The highest BCUT2D eigenvalue weighted by atomic mass is 19.1. The van der Waals surface area contributed by atoms with Crippen LogP contribution in [0.25, 0.3) is 0 Å². The molecule has 0 aliphatic heterocycles. The molecule has 0 heterocycles. The minimum absolute atomic E-state index is 0.198. The molecular weight excluding hydrogens is 183 g/mol. The van der Waals surface area contributed by atoms with E-state index in [-0.39, 0.29) is 18.1 Å². The zero-order chi connectivity index (χ0) is 10.7. The van der Waals surface area contributed by atoms with Crippen LogP contribution in [0.1, 0.15) is 11.1 Å². The van der Waals surface area contributed by atoms with E-state index in [2.05, 4.69) is 0 Å². The van der Waals surface area contributed by atoms with Crippen LogP contribution in [-0.4, -0.2) is 18.0 Å². The highest BCUT2D eigenvalue weighted by Gasteiger charge is 2.07. The summed E-state index contributed by atoms with van der Waals surface area (Å²) in [5.41, 5.74) is 1.31. The molecule has 0 atom stereocenters. The van der Waals surface area contributed by atoms with Gasteiger partial charge >= 0.3 is 0 Å². The fraction of sp³-hybridized carbons (Fsp3) is 0.300. The first-order valence-corrected chi connectivity index (χ1v) is 4.27. The van der Waals surface area contributed by atoms with Gasteiger partial charge in [-0.15, -0.1) is 0 Å². The Morgan fingerprint density at radius 3 is 2.71 bits per heavy atom. The number of amides is 1. The Hall–Kier alpha value is -1.42. The quantitative estimate of drug-likeness (QED) is 0.436. The molecule has 0 aliphatic rings. The van der Waals surface area contributed by atoms with Gasteiger partial charge in [-0.05, 0) is 24.1 Å². The van der Waals surface area contributed by atoms with Gasteiger partial charge in [0.05, 0.1) is 6.42 Å². The van der Waals surface area contributed by atoms with Gasteiger partial charge in [0.2, 0.25) is 5.91 Å². The molecule has 14 heavy (non-hydrogen) atoms. The van der Waals surface area contributed by atoms with Crippen LogP contribution in [0.5, 0.6) is 0 Å². The van der Waals surface area contributed by atoms with Gasteiger partial charge in [0, 0.05) is 7.05 Å². The number of carbonyl (C=O) groups excluding carboxylic acids is 1. The number of hydrogen-bond acceptors (Lipinski definition) is 2. The van der Waals surface area contributed by atoms with Gasteiger partial charge in [0.15, 0.2) is 0 Å². The first-order valence-electron chi connectivity index (χ1n) is 4.27. The van der Waals surface area contributed by atoms with Crippen molar-refractivity contribution in [2.75, 3.05) is 7.05 Å². The number of rotatable bonds is 2. The molecule has 0 saturated carbocycles. The van der Waals surface area contributed by atoms with E-state index in [1.165, 1.54) is 13.1 Å². The van der Waals surface area contributed by atoms with Gasteiger partial charge in [-0.2, -0.15) is 0 Å². The number of nitrogens with two attached hydrogens (primary N) is 1. The number of hydrazine groups is 1. The third-order valence-corrected chi connectivity index (χ3v) is 1.97. The van der Waals surface area contributed by atoms with Crippen molar-refractivity contribution in [2.45, 2.75) is 13.3 Å². The van der Waals surface area contributed by atoms with Crippen LogP contribution in [0, 0.1) is 12.7 Å². The molecule has 0 aromatic heterocycles. The number of carbonyl (C=O) groups is 1. The van der Waals surface area contributed by atoms with E-state index in [9.17, 15) is 9.18 Å². The summed E-state index contributed by atoms with van der Waals surface area (Å²) in [4.78, 5) is 11.2. The Kier molecular flexibility index (Phi) is 3.19. The monoisotopic (exact) mass is 196 g/mol. The molecule has 1 amide bonds. The van der Waals surface area contributed by atoms with Gasteiger partial charge in [-0.25, -0.2) is 10.2 Å².